The minimum Gasteiger partial charge on any atom is -0.470 e. The molecular weight excluding hydrogens is 458 g/mol. The third kappa shape index (κ3) is 4.65. The van der Waals surface area contributed by atoms with Crippen molar-refractivity contribution in [3.63, 3.8) is 0 Å². The van der Waals surface area contributed by atoms with Crippen molar-refractivity contribution >= 4 is 11.7 Å². The number of benzene rings is 1. The largest absolute Gasteiger partial charge is 0.470 e. The van der Waals surface area contributed by atoms with Crippen LogP contribution in [0.4, 0.5) is 14.6 Å². The van der Waals surface area contributed by atoms with Gasteiger partial charge in [-0.3, -0.25) is 9.69 Å². The zero-order chi connectivity index (χ0) is 24.5. The van der Waals surface area contributed by atoms with Crippen molar-refractivity contribution in [3.8, 4) is 11.6 Å². The molecule has 12 heteroatoms. The van der Waals surface area contributed by atoms with Gasteiger partial charge in [0.1, 0.15) is 18.3 Å². The van der Waals surface area contributed by atoms with Crippen molar-refractivity contribution < 1.29 is 18.3 Å². The van der Waals surface area contributed by atoms with E-state index in [1.54, 1.807) is 34.7 Å². The third-order valence-corrected chi connectivity index (χ3v) is 6.53. The zero-order valence-electron chi connectivity index (χ0n) is 19.5. The molecule has 184 valence electrons. The molecule has 2 aliphatic rings. The van der Waals surface area contributed by atoms with Gasteiger partial charge in [-0.05, 0) is 25.1 Å². The number of ether oxygens (including phenoxy) is 1. The minimum absolute atomic E-state index is 0.0555. The molecule has 0 N–H and O–H groups in total. The lowest BCUT2D eigenvalue weighted by atomic mass is 10.1. The van der Waals surface area contributed by atoms with Gasteiger partial charge in [0.25, 0.3) is 6.43 Å². The predicted molar refractivity (Wildman–Crippen MR) is 123 cm³/mol. The Hall–Kier alpha value is -3.67. The summed E-state index contributed by atoms with van der Waals surface area (Å²) in [6.07, 6.45) is -2.53. The van der Waals surface area contributed by atoms with Gasteiger partial charge in [-0.1, -0.05) is 17.3 Å². The standard InChI is InChI=1S/C23H26F2N8O2/c1-15-19(33(29-26-15)17-5-3-16(4-6-17)22(24)25)14-35-21-8-7-20(27-28-21)32-12-11-31-10-9-30(2)23(34)18(31)13-32/h3-8,18,22H,9-14H2,1-2H3. The van der Waals surface area contributed by atoms with Gasteiger partial charge in [0, 0.05) is 51.4 Å². The molecule has 2 fully saturated rings. The lowest BCUT2D eigenvalue weighted by molar-refractivity contribution is -0.140. The smallest absolute Gasteiger partial charge is 0.263 e. The number of aromatic nitrogens is 5. The van der Waals surface area contributed by atoms with Crippen molar-refractivity contribution in [2.75, 3.05) is 44.7 Å². The fourth-order valence-corrected chi connectivity index (χ4v) is 4.39. The van der Waals surface area contributed by atoms with E-state index < -0.39 is 6.43 Å². The highest BCUT2D eigenvalue weighted by Gasteiger charge is 2.37. The van der Waals surface area contributed by atoms with Gasteiger partial charge in [0.15, 0.2) is 5.82 Å². The van der Waals surface area contributed by atoms with Crippen LogP contribution >= 0.6 is 0 Å². The molecule has 4 heterocycles. The van der Waals surface area contributed by atoms with Crippen LogP contribution in [0.1, 0.15) is 23.4 Å². The Labute approximate surface area is 201 Å². The van der Waals surface area contributed by atoms with Gasteiger partial charge in [0.2, 0.25) is 11.8 Å². The molecule has 5 rings (SSSR count). The zero-order valence-corrected chi connectivity index (χ0v) is 19.5. The van der Waals surface area contributed by atoms with E-state index in [1.807, 2.05) is 13.1 Å². The fourth-order valence-electron chi connectivity index (χ4n) is 4.39. The lowest BCUT2D eigenvalue weighted by Gasteiger charge is -2.45. The first-order valence-corrected chi connectivity index (χ1v) is 11.4. The number of aryl methyl sites for hydroxylation is 1. The summed E-state index contributed by atoms with van der Waals surface area (Å²) in [5.74, 6) is 1.17. The fraction of sp³-hybridized carbons (Fsp3) is 0.435. The van der Waals surface area contributed by atoms with E-state index in [2.05, 4.69) is 30.3 Å². The summed E-state index contributed by atoms with van der Waals surface area (Å²) in [4.78, 5) is 18.6. The summed E-state index contributed by atoms with van der Waals surface area (Å²) in [6, 6.07) is 9.29. The number of carbonyl (C=O) groups is 1. The molecule has 2 saturated heterocycles. The molecule has 1 amide bonds. The molecular formula is C23H26F2N8O2. The topological polar surface area (TPSA) is 92.5 Å². The Balaban J connectivity index is 1.24. The average molecular weight is 485 g/mol. The van der Waals surface area contributed by atoms with Crippen LogP contribution in [-0.2, 0) is 11.4 Å². The van der Waals surface area contributed by atoms with Crippen LogP contribution in [0.15, 0.2) is 36.4 Å². The maximum atomic E-state index is 12.9. The van der Waals surface area contributed by atoms with Crippen molar-refractivity contribution in [1.29, 1.82) is 0 Å². The van der Waals surface area contributed by atoms with Gasteiger partial charge < -0.3 is 14.5 Å². The number of anilines is 1. The highest BCUT2D eigenvalue weighted by Crippen LogP contribution is 2.23. The van der Waals surface area contributed by atoms with Crippen LogP contribution in [0.2, 0.25) is 0 Å². The van der Waals surface area contributed by atoms with Gasteiger partial charge in [-0.25, -0.2) is 13.5 Å². The van der Waals surface area contributed by atoms with Crippen molar-refractivity contribution in [3.05, 3.63) is 53.3 Å². The van der Waals surface area contributed by atoms with Crippen molar-refractivity contribution in [2.45, 2.75) is 26.0 Å². The second-order valence-corrected chi connectivity index (χ2v) is 8.70. The summed E-state index contributed by atoms with van der Waals surface area (Å²) in [7, 11) is 1.84. The van der Waals surface area contributed by atoms with E-state index in [0.29, 0.717) is 35.3 Å². The lowest BCUT2D eigenvalue weighted by Crippen LogP contribution is -2.64. The number of nitrogens with zero attached hydrogens (tertiary/aromatic N) is 8. The SMILES string of the molecule is Cc1nnn(-c2ccc(C(F)F)cc2)c1COc1ccc(N2CCN3CCN(C)C(=O)C3C2)nn1. The van der Waals surface area contributed by atoms with E-state index >= 15 is 0 Å². The van der Waals surface area contributed by atoms with Crippen molar-refractivity contribution in [1.82, 2.24) is 35.0 Å². The third-order valence-electron chi connectivity index (χ3n) is 6.53. The number of likely N-dealkylation sites (N-methyl/N-ethyl adjacent to an activating group) is 1. The highest BCUT2D eigenvalue weighted by atomic mass is 19.3. The maximum Gasteiger partial charge on any atom is 0.263 e. The monoisotopic (exact) mass is 484 g/mol. The Morgan fingerprint density at radius 3 is 2.51 bits per heavy atom. The molecule has 3 aromatic rings. The molecule has 0 spiro atoms. The summed E-state index contributed by atoms with van der Waals surface area (Å²) >= 11 is 0. The predicted octanol–water partition coefficient (Wildman–Crippen LogP) is 1.84. The van der Waals surface area contributed by atoms with E-state index in [-0.39, 0.29) is 24.1 Å². The number of hydrogen-bond acceptors (Lipinski definition) is 8. The van der Waals surface area contributed by atoms with E-state index in [1.165, 1.54) is 12.1 Å². The highest BCUT2D eigenvalue weighted by molar-refractivity contribution is 5.83. The molecule has 1 atom stereocenters. The van der Waals surface area contributed by atoms with E-state index in [4.69, 9.17) is 4.74 Å². The van der Waals surface area contributed by atoms with Crippen LogP contribution in [0.25, 0.3) is 5.69 Å². The van der Waals surface area contributed by atoms with Crippen LogP contribution in [0.5, 0.6) is 5.88 Å². The maximum absolute atomic E-state index is 12.9. The molecule has 35 heavy (non-hydrogen) atoms. The number of carbonyl (C=O) groups excluding carboxylic acids is 1. The quantitative estimate of drug-likeness (QED) is 0.524. The summed E-state index contributed by atoms with van der Waals surface area (Å²) in [5.41, 5.74) is 1.89. The van der Waals surface area contributed by atoms with E-state index in [0.717, 1.165) is 26.2 Å². The summed E-state index contributed by atoms with van der Waals surface area (Å²) in [6.45, 7) is 5.73. The van der Waals surface area contributed by atoms with Crippen LogP contribution in [0, 0.1) is 6.92 Å². The van der Waals surface area contributed by atoms with Gasteiger partial charge in [0.05, 0.1) is 11.4 Å². The van der Waals surface area contributed by atoms with Gasteiger partial charge >= 0.3 is 0 Å². The molecule has 1 unspecified atom stereocenters. The first kappa shape index (κ1) is 23.1. The molecule has 1 aromatic carbocycles. The first-order valence-electron chi connectivity index (χ1n) is 11.4. The Kier molecular flexibility index (Phi) is 6.29. The van der Waals surface area contributed by atoms with E-state index in [9.17, 15) is 13.6 Å². The average Bonchev–Trinajstić information content (AvgIpc) is 3.25. The number of fused-ring (bicyclic) bond motifs is 1. The number of piperazine rings is 2. The van der Waals surface area contributed by atoms with Gasteiger partial charge in [-0.15, -0.1) is 15.3 Å². The Morgan fingerprint density at radius 2 is 1.80 bits per heavy atom. The Morgan fingerprint density at radius 1 is 1.03 bits per heavy atom. The Bertz CT molecular complexity index is 1190. The normalized spacial score (nSPS) is 18.8. The molecule has 2 aromatic heterocycles. The molecule has 0 radical (unpaired) electrons. The number of alkyl halides is 2. The van der Waals surface area contributed by atoms with Gasteiger partial charge in [-0.2, -0.15) is 0 Å². The molecule has 0 aliphatic carbocycles. The molecule has 0 saturated carbocycles. The minimum atomic E-state index is -2.53. The summed E-state index contributed by atoms with van der Waals surface area (Å²) in [5, 5.41) is 16.7. The number of hydrogen-bond donors (Lipinski definition) is 0. The van der Waals surface area contributed by atoms with Crippen LogP contribution in [-0.4, -0.2) is 86.7 Å². The number of rotatable bonds is 6. The molecule has 2 aliphatic heterocycles. The van der Waals surface area contributed by atoms with Crippen LogP contribution in [0.3, 0.4) is 0 Å². The first-order chi connectivity index (χ1) is 16.9. The molecule has 10 nitrogen and oxygen atoms in total. The summed E-state index contributed by atoms with van der Waals surface area (Å²) < 4.78 is 33.1. The number of halogens is 2. The molecule has 0 bridgehead atoms. The number of amides is 1. The second-order valence-electron chi connectivity index (χ2n) is 8.70. The van der Waals surface area contributed by atoms with Crippen LogP contribution < -0.4 is 9.64 Å². The van der Waals surface area contributed by atoms with Crippen molar-refractivity contribution in [2.24, 2.45) is 0 Å². The second kappa shape index (κ2) is 9.53.